The molecule has 27 heavy (non-hydrogen) atoms. The first-order chi connectivity index (χ1) is 13.0. The number of carbonyl (C=O) groups excluding carboxylic acids is 1. The molecule has 0 saturated heterocycles. The number of benzene rings is 2. The van der Waals surface area contributed by atoms with Crippen molar-refractivity contribution in [2.45, 2.75) is 26.8 Å². The monoisotopic (exact) mass is 363 g/mol. The van der Waals surface area contributed by atoms with Crippen LogP contribution in [0.25, 0.3) is 0 Å². The normalized spacial score (nSPS) is 10.6. The minimum atomic E-state index is -0.0545. The van der Waals surface area contributed by atoms with Crippen LogP contribution in [0.1, 0.15) is 32.9 Å². The highest BCUT2D eigenvalue weighted by Crippen LogP contribution is 2.12. The number of amides is 1. The number of nitrogens with zero attached hydrogens (tertiary/aromatic N) is 2. The summed E-state index contributed by atoms with van der Waals surface area (Å²) in [7, 11) is 1.65. The van der Waals surface area contributed by atoms with Gasteiger partial charge in [0.2, 0.25) is 0 Å². The number of hydrogen-bond donors (Lipinski definition) is 1. The van der Waals surface area contributed by atoms with Gasteiger partial charge in [0.1, 0.15) is 5.75 Å². The highest BCUT2D eigenvalue weighted by molar-refractivity contribution is 5.94. The van der Waals surface area contributed by atoms with Gasteiger partial charge >= 0.3 is 0 Å². The van der Waals surface area contributed by atoms with Crippen molar-refractivity contribution in [2.75, 3.05) is 13.7 Å². The number of ether oxygens (including phenoxy) is 1. The van der Waals surface area contributed by atoms with Gasteiger partial charge < -0.3 is 10.1 Å². The van der Waals surface area contributed by atoms with E-state index in [0.717, 1.165) is 34.7 Å². The summed E-state index contributed by atoms with van der Waals surface area (Å²) in [5, 5.41) is 7.44. The number of carbonyl (C=O) groups is 1. The van der Waals surface area contributed by atoms with Crippen molar-refractivity contribution in [1.82, 2.24) is 15.1 Å². The summed E-state index contributed by atoms with van der Waals surface area (Å²) in [4.78, 5) is 12.3. The zero-order valence-corrected chi connectivity index (χ0v) is 16.0. The van der Waals surface area contributed by atoms with E-state index >= 15 is 0 Å². The van der Waals surface area contributed by atoms with E-state index < -0.39 is 0 Å². The van der Waals surface area contributed by atoms with E-state index in [2.05, 4.69) is 16.5 Å². The first kappa shape index (κ1) is 18.7. The molecule has 0 fully saturated rings. The van der Waals surface area contributed by atoms with Crippen molar-refractivity contribution in [3.8, 4) is 5.75 Å². The molecule has 0 saturated carbocycles. The third kappa shape index (κ3) is 4.97. The zero-order chi connectivity index (χ0) is 19.2. The Hall–Kier alpha value is -3.08. The van der Waals surface area contributed by atoms with Crippen molar-refractivity contribution in [3.05, 3.63) is 82.7 Å². The maximum atomic E-state index is 12.3. The topological polar surface area (TPSA) is 56.1 Å². The number of aromatic nitrogens is 2. The standard InChI is InChI=1S/C22H25N3O2/c1-16-14-17(2)25(24-16)15-19-4-8-20(9-5-19)22(26)23-13-12-18-6-10-21(27-3)11-7-18/h4-11,14H,12-13,15H2,1-3H3,(H,23,26). The molecular formula is C22H25N3O2. The summed E-state index contributed by atoms with van der Waals surface area (Å²) < 4.78 is 7.12. The lowest BCUT2D eigenvalue weighted by molar-refractivity contribution is 0.0954. The highest BCUT2D eigenvalue weighted by atomic mass is 16.5. The van der Waals surface area contributed by atoms with Crippen molar-refractivity contribution in [2.24, 2.45) is 0 Å². The molecule has 3 rings (SSSR count). The molecule has 5 nitrogen and oxygen atoms in total. The van der Waals surface area contributed by atoms with E-state index in [1.54, 1.807) is 7.11 Å². The number of aryl methyl sites for hydroxylation is 2. The van der Waals surface area contributed by atoms with Crippen LogP contribution < -0.4 is 10.1 Å². The van der Waals surface area contributed by atoms with E-state index in [1.807, 2.05) is 67.1 Å². The molecule has 1 amide bonds. The fourth-order valence-corrected chi connectivity index (χ4v) is 2.98. The Balaban J connectivity index is 1.51. The Bertz CT molecular complexity index is 896. The van der Waals surface area contributed by atoms with E-state index in [9.17, 15) is 4.79 Å². The van der Waals surface area contributed by atoms with Gasteiger partial charge in [0.15, 0.2) is 0 Å². The largest absolute Gasteiger partial charge is 0.497 e. The third-order valence-corrected chi connectivity index (χ3v) is 4.51. The molecule has 0 unspecified atom stereocenters. The molecule has 1 heterocycles. The van der Waals surface area contributed by atoms with Gasteiger partial charge in [0, 0.05) is 17.8 Å². The molecule has 5 heteroatoms. The summed E-state index contributed by atoms with van der Waals surface area (Å²) in [5.41, 5.74) is 5.10. The Labute approximate surface area is 160 Å². The molecule has 0 radical (unpaired) electrons. The number of hydrogen-bond acceptors (Lipinski definition) is 3. The smallest absolute Gasteiger partial charge is 0.251 e. The zero-order valence-electron chi connectivity index (χ0n) is 16.0. The Morgan fingerprint density at radius 2 is 1.70 bits per heavy atom. The van der Waals surface area contributed by atoms with Crippen LogP contribution in [0, 0.1) is 13.8 Å². The minimum absolute atomic E-state index is 0.0545. The second-order valence-electron chi connectivity index (χ2n) is 6.64. The van der Waals surface area contributed by atoms with Crippen LogP contribution >= 0.6 is 0 Å². The first-order valence-corrected chi connectivity index (χ1v) is 9.06. The minimum Gasteiger partial charge on any atom is -0.497 e. The predicted octanol–water partition coefficient (Wildman–Crippen LogP) is 3.53. The van der Waals surface area contributed by atoms with Gasteiger partial charge in [-0.25, -0.2) is 0 Å². The number of methoxy groups -OCH3 is 1. The second kappa shape index (κ2) is 8.54. The summed E-state index contributed by atoms with van der Waals surface area (Å²) >= 11 is 0. The van der Waals surface area contributed by atoms with Crippen molar-refractivity contribution < 1.29 is 9.53 Å². The van der Waals surface area contributed by atoms with E-state index in [4.69, 9.17) is 4.74 Å². The molecular weight excluding hydrogens is 338 g/mol. The van der Waals surface area contributed by atoms with Crippen LogP contribution in [0.4, 0.5) is 0 Å². The lowest BCUT2D eigenvalue weighted by Crippen LogP contribution is -2.25. The highest BCUT2D eigenvalue weighted by Gasteiger charge is 2.07. The number of nitrogens with one attached hydrogen (secondary N) is 1. The van der Waals surface area contributed by atoms with Crippen molar-refractivity contribution in [3.63, 3.8) is 0 Å². The lowest BCUT2D eigenvalue weighted by Gasteiger charge is -2.08. The molecule has 1 N–H and O–H groups in total. The predicted molar refractivity (Wildman–Crippen MR) is 106 cm³/mol. The Kier molecular flexibility index (Phi) is 5.91. The summed E-state index contributed by atoms with van der Waals surface area (Å²) in [6.07, 6.45) is 0.783. The first-order valence-electron chi connectivity index (χ1n) is 9.06. The lowest BCUT2D eigenvalue weighted by atomic mass is 10.1. The molecule has 0 atom stereocenters. The molecule has 3 aromatic rings. The van der Waals surface area contributed by atoms with E-state index in [-0.39, 0.29) is 5.91 Å². The maximum absolute atomic E-state index is 12.3. The average molecular weight is 363 g/mol. The van der Waals surface area contributed by atoms with Crippen LogP contribution in [0.2, 0.25) is 0 Å². The van der Waals surface area contributed by atoms with Crippen LogP contribution in [0.15, 0.2) is 54.6 Å². The van der Waals surface area contributed by atoms with Gasteiger partial charge in [-0.1, -0.05) is 24.3 Å². The van der Waals surface area contributed by atoms with E-state index in [0.29, 0.717) is 18.7 Å². The average Bonchev–Trinajstić information content (AvgIpc) is 2.99. The summed E-state index contributed by atoms with van der Waals surface area (Å²) in [6.45, 7) is 5.34. The fourth-order valence-electron chi connectivity index (χ4n) is 2.98. The molecule has 0 bridgehead atoms. The molecule has 0 aliphatic rings. The Morgan fingerprint density at radius 3 is 2.30 bits per heavy atom. The van der Waals surface area contributed by atoms with Gasteiger partial charge in [-0.15, -0.1) is 0 Å². The second-order valence-corrected chi connectivity index (χ2v) is 6.64. The van der Waals surface area contributed by atoms with Gasteiger partial charge in [-0.2, -0.15) is 5.10 Å². The van der Waals surface area contributed by atoms with Crippen LogP contribution in [-0.2, 0) is 13.0 Å². The third-order valence-electron chi connectivity index (χ3n) is 4.51. The summed E-state index contributed by atoms with van der Waals surface area (Å²) in [5.74, 6) is 0.782. The quantitative estimate of drug-likeness (QED) is 0.699. The number of rotatable bonds is 7. The SMILES string of the molecule is COc1ccc(CCNC(=O)c2ccc(Cn3nc(C)cc3C)cc2)cc1. The molecule has 0 aliphatic carbocycles. The van der Waals surface area contributed by atoms with Crippen molar-refractivity contribution >= 4 is 5.91 Å². The van der Waals surface area contributed by atoms with Crippen molar-refractivity contribution in [1.29, 1.82) is 0 Å². The maximum Gasteiger partial charge on any atom is 0.251 e. The molecule has 2 aromatic carbocycles. The fraction of sp³-hybridized carbons (Fsp3) is 0.273. The van der Waals surface area contributed by atoms with Crippen LogP contribution in [-0.4, -0.2) is 29.3 Å². The molecule has 140 valence electrons. The van der Waals surface area contributed by atoms with Gasteiger partial charge in [0.25, 0.3) is 5.91 Å². The molecule has 0 spiro atoms. The van der Waals surface area contributed by atoms with Gasteiger partial charge in [-0.3, -0.25) is 9.48 Å². The molecule has 0 aliphatic heterocycles. The van der Waals surface area contributed by atoms with E-state index in [1.165, 1.54) is 0 Å². The van der Waals surface area contributed by atoms with Crippen LogP contribution in [0.3, 0.4) is 0 Å². The van der Waals surface area contributed by atoms with Gasteiger partial charge in [-0.05, 0) is 61.7 Å². The summed E-state index contributed by atoms with van der Waals surface area (Å²) in [6, 6.07) is 17.6. The van der Waals surface area contributed by atoms with Gasteiger partial charge in [0.05, 0.1) is 19.3 Å². The van der Waals surface area contributed by atoms with Crippen LogP contribution in [0.5, 0.6) is 5.75 Å². The molecule has 1 aromatic heterocycles. The Morgan fingerprint density at radius 1 is 1.04 bits per heavy atom.